The number of hydrogen-bond donors (Lipinski definition) is 0. The first-order chi connectivity index (χ1) is 21.1. The monoisotopic (exact) mass is 636 g/mol. The van der Waals surface area contributed by atoms with Gasteiger partial charge < -0.3 is 4.74 Å². The van der Waals surface area contributed by atoms with Crippen molar-refractivity contribution in [2.45, 2.75) is 96.0 Å². The molecule has 3 aromatic rings. The van der Waals surface area contributed by atoms with Crippen LogP contribution in [0.3, 0.4) is 0 Å². The van der Waals surface area contributed by atoms with Crippen LogP contribution in [0.1, 0.15) is 101 Å². The summed E-state index contributed by atoms with van der Waals surface area (Å²) in [5, 5.41) is -0.151. The summed E-state index contributed by atoms with van der Waals surface area (Å²) in [6.45, 7) is 2.23. The molecule has 0 aliphatic heterocycles. The average molecular weight is 637 g/mol. The number of ether oxygens (including phenoxy) is 1. The summed E-state index contributed by atoms with van der Waals surface area (Å²) in [6, 6.07) is 8.41. The lowest BCUT2D eigenvalue weighted by Crippen LogP contribution is -2.27. The van der Waals surface area contributed by atoms with E-state index < -0.39 is 40.7 Å². The van der Waals surface area contributed by atoms with Crippen LogP contribution in [0, 0.1) is 41.0 Å². The van der Waals surface area contributed by atoms with Gasteiger partial charge in [-0.05, 0) is 110 Å². The largest absolute Gasteiger partial charge is 0.432 e. The lowest BCUT2D eigenvalue weighted by molar-refractivity contribution is -0.189. The van der Waals surface area contributed by atoms with Gasteiger partial charge in [-0.15, -0.1) is 0 Å². The van der Waals surface area contributed by atoms with E-state index in [0.717, 1.165) is 61.9 Å². The molecular formula is C36H39ClF6O. The fraction of sp³-hybridized carbons (Fsp3) is 0.500. The van der Waals surface area contributed by atoms with Crippen LogP contribution in [-0.4, -0.2) is 0 Å². The van der Waals surface area contributed by atoms with Gasteiger partial charge in [0.25, 0.3) is 0 Å². The van der Waals surface area contributed by atoms with Gasteiger partial charge in [-0.1, -0.05) is 63.1 Å². The first-order valence-corrected chi connectivity index (χ1v) is 16.2. The molecule has 0 atom stereocenters. The normalized spacial score (nSPS) is 22.6. The Hall–Kier alpha value is -2.67. The average Bonchev–Trinajstić information content (AvgIpc) is 2.98. The third kappa shape index (κ3) is 7.58. The number of rotatable bonds is 10. The van der Waals surface area contributed by atoms with Crippen LogP contribution >= 0.6 is 11.6 Å². The molecule has 0 spiro atoms. The maximum atomic E-state index is 15.1. The van der Waals surface area contributed by atoms with Crippen molar-refractivity contribution in [3.63, 3.8) is 0 Å². The maximum Gasteiger partial charge on any atom is 0.432 e. The molecule has 0 unspecified atom stereocenters. The van der Waals surface area contributed by atoms with Crippen molar-refractivity contribution >= 4 is 11.6 Å². The van der Waals surface area contributed by atoms with E-state index in [4.69, 9.17) is 11.6 Å². The molecule has 2 saturated carbocycles. The lowest BCUT2D eigenvalue weighted by atomic mass is 9.68. The number of hydrogen-bond acceptors (Lipinski definition) is 1. The third-order valence-electron chi connectivity index (χ3n) is 9.79. The fourth-order valence-electron chi connectivity index (χ4n) is 7.32. The van der Waals surface area contributed by atoms with Gasteiger partial charge in [0, 0.05) is 11.6 Å². The molecular weight excluding hydrogens is 598 g/mol. The fourth-order valence-corrected chi connectivity index (χ4v) is 7.44. The van der Waals surface area contributed by atoms with Crippen LogP contribution in [0.5, 0.6) is 5.75 Å². The lowest BCUT2D eigenvalue weighted by Gasteiger charge is -2.38. The highest BCUT2D eigenvalue weighted by Crippen LogP contribution is 2.46. The Bertz CT molecular complexity index is 1400. The molecule has 3 aromatic carbocycles. The van der Waals surface area contributed by atoms with E-state index in [0.29, 0.717) is 23.5 Å². The molecule has 44 heavy (non-hydrogen) atoms. The first-order valence-electron chi connectivity index (χ1n) is 15.9. The Morgan fingerprint density at radius 1 is 0.727 bits per heavy atom. The summed E-state index contributed by atoms with van der Waals surface area (Å²) in [5.41, 5.74) is -1.09. The molecule has 0 saturated heterocycles. The summed E-state index contributed by atoms with van der Waals surface area (Å²) >= 11 is 5.66. The van der Waals surface area contributed by atoms with Crippen molar-refractivity contribution in [2.24, 2.45) is 17.8 Å². The van der Waals surface area contributed by atoms with Gasteiger partial charge in [-0.25, -0.2) is 17.6 Å². The minimum atomic E-state index is -4.40. The van der Waals surface area contributed by atoms with Gasteiger partial charge in [0.1, 0.15) is 34.6 Å². The quantitative estimate of drug-likeness (QED) is 0.159. The Morgan fingerprint density at radius 3 is 1.95 bits per heavy atom. The van der Waals surface area contributed by atoms with Crippen LogP contribution in [0.4, 0.5) is 26.3 Å². The number of benzene rings is 3. The molecule has 2 fully saturated rings. The highest BCUT2D eigenvalue weighted by molar-refractivity contribution is 6.30. The Balaban J connectivity index is 1.20. The van der Waals surface area contributed by atoms with Crippen LogP contribution in [0.2, 0.25) is 5.02 Å². The zero-order valence-corrected chi connectivity index (χ0v) is 25.7. The molecule has 2 aliphatic carbocycles. The second-order valence-corrected chi connectivity index (χ2v) is 13.0. The summed E-state index contributed by atoms with van der Waals surface area (Å²) in [7, 11) is 0. The number of alkyl halides is 2. The van der Waals surface area contributed by atoms with Crippen LogP contribution in [0.15, 0.2) is 48.5 Å². The molecule has 5 rings (SSSR count). The Morgan fingerprint density at radius 2 is 1.36 bits per heavy atom. The Kier molecular flexibility index (Phi) is 10.5. The van der Waals surface area contributed by atoms with Crippen molar-refractivity contribution in [3.05, 3.63) is 87.9 Å². The number of halogens is 7. The molecule has 0 heterocycles. The Labute approximate surface area is 261 Å². The summed E-state index contributed by atoms with van der Waals surface area (Å²) in [5.74, 6) is -3.12. The minimum Gasteiger partial charge on any atom is -0.429 e. The molecule has 2 aliphatic rings. The zero-order valence-electron chi connectivity index (χ0n) is 25.0. The van der Waals surface area contributed by atoms with Crippen LogP contribution < -0.4 is 4.74 Å². The highest BCUT2D eigenvalue weighted by Gasteiger charge is 2.42. The third-order valence-corrected chi connectivity index (χ3v) is 10.1. The highest BCUT2D eigenvalue weighted by atomic mass is 35.5. The molecule has 0 N–H and O–H groups in total. The van der Waals surface area contributed by atoms with Gasteiger partial charge in [0.2, 0.25) is 0 Å². The van der Waals surface area contributed by atoms with Gasteiger partial charge in [0.15, 0.2) is 0 Å². The predicted octanol–water partition coefficient (Wildman–Crippen LogP) is 12.4. The summed E-state index contributed by atoms with van der Waals surface area (Å²) < 4.78 is 93.5. The van der Waals surface area contributed by atoms with Crippen LogP contribution in [-0.2, 0) is 6.11 Å². The molecule has 0 bridgehead atoms. The van der Waals surface area contributed by atoms with E-state index in [9.17, 15) is 8.78 Å². The van der Waals surface area contributed by atoms with Gasteiger partial charge in [-0.2, -0.15) is 8.78 Å². The molecule has 0 amide bonds. The second kappa shape index (κ2) is 14.2. The minimum absolute atomic E-state index is 0.0808. The van der Waals surface area contributed by atoms with Crippen molar-refractivity contribution in [1.29, 1.82) is 0 Å². The van der Waals surface area contributed by atoms with Gasteiger partial charge >= 0.3 is 6.11 Å². The van der Waals surface area contributed by atoms with E-state index in [-0.39, 0.29) is 22.1 Å². The number of unbranched alkanes of at least 4 members (excludes halogenated alkanes) is 2. The molecule has 1 nitrogen and oxygen atoms in total. The topological polar surface area (TPSA) is 9.23 Å². The standard InChI is InChI=1S/C36H39ClF6O/c1-2-3-4-5-22-6-8-23(9-7-22)24-10-12-25(13-11-24)27-19-33(40)35(34(41)20-27)36(42,43)44-28-15-16-29(31(38)21-28)26-14-17-30(37)32(39)18-26/h14-25H,2-13H2,1H3. The van der Waals surface area contributed by atoms with Crippen molar-refractivity contribution < 1.29 is 31.1 Å². The smallest absolute Gasteiger partial charge is 0.429 e. The van der Waals surface area contributed by atoms with Crippen LogP contribution in [0.25, 0.3) is 11.1 Å². The predicted molar refractivity (Wildman–Crippen MR) is 162 cm³/mol. The first kappa shape index (κ1) is 32.7. The summed E-state index contributed by atoms with van der Waals surface area (Å²) in [6.07, 6.45) is 9.40. The van der Waals surface area contributed by atoms with E-state index in [1.165, 1.54) is 63.5 Å². The van der Waals surface area contributed by atoms with Gasteiger partial charge in [-0.3, -0.25) is 0 Å². The van der Waals surface area contributed by atoms with E-state index in [1.54, 1.807) is 0 Å². The molecule has 0 radical (unpaired) electrons. The van der Waals surface area contributed by atoms with E-state index in [1.807, 2.05) is 0 Å². The van der Waals surface area contributed by atoms with Gasteiger partial charge in [0.05, 0.1) is 5.02 Å². The van der Waals surface area contributed by atoms with Crippen molar-refractivity contribution in [2.75, 3.05) is 0 Å². The van der Waals surface area contributed by atoms with Crippen molar-refractivity contribution in [1.82, 2.24) is 0 Å². The molecule has 0 aromatic heterocycles. The van der Waals surface area contributed by atoms with E-state index >= 15 is 17.6 Å². The zero-order chi connectivity index (χ0) is 31.4. The summed E-state index contributed by atoms with van der Waals surface area (Å²) in [4.78, 5) is 0. The SMILES string of the molecule is CCCCCC1CCC(C2CCC(c3cc(F)c(C(F)(F)Oc4ccc(-c5ccc(Cl)c(F)c5)c(F)c4)c(F)c3)CC2)CC1. The maximum absolute atomic E-state index is 15.1. The molecule has 8 heteroatoms. The molecule has 238 valence electrons. The van der Waals surface area contributed by atoms with E-state index in [2.05, 4.69) is 11.7 Å². The van der Waals surface area contributed by atoms with Crippen molar-refractivity contribution in [3.8, 4) is 16.9 Å². The second-order valence-electron chi connectivity index (χ2n) is 12.6.